The number of nitrogens with one attached hydrogen (secondary N) is 1. The molecule has 0 aromatic carbocycles. The average molecular weight is 276 g/mol. The molecule has 0 aliphatic heterocycles. The van der Waals surface area contributed by atoms with Crippen molar-refractivity contribution in [2.45, 2.75) is 52.2 Å². The van der Waals surface area contributed by atoms with E-state index in [2.05, 4.69) is 35.3 Å². The minimum absolute atomic E-state index is 0.366. The molecular formula is C14H20N4S. The Labute approximate surface area is 117 Å². The van der Waals surface area contributed by atoms with Gasteiger partial charge in [-0.1, -0.05) is 0 Å². The molecule has 0 atom stereocenters. The fourth-order valence-corrected chi connectivity index (χ4v) is 3.84. The van der Waals surface area contributed by atoms with Crippen molar-refractivity contribution in [3.05, 3.63) is 33.5 Å². The molecule has 0 saturated carbocycles. The standard InChI is InChI=1S/C14H20N4S/c1-10(2)18-14(16-9-17-18)8-15-7-12-6-11-4-3-5-13(11)19-12/h6,9-10,15H,3-5,7-8H2,1-2H3. The Balaban J connectivity index is 1.56. The van der Waals surface area contributed by atoms with E-state index in [4.69, 9.17) is 0 Å². The molecule has 0 saturated heterocycles. The van der Waals surface area contributed by atoms with Crippen molar-refractivity contribution in [1.29, 1.82) is 0 Å². The van der Waals surface area contributed by atoms with Crippen LogP contribution in [-0.2, 0) is 25.9 Å². The summed E-state index contributed by atoms with van der Waals surface area (Å²) in [6.07, 6.45) is 5.53. The van der Waals surface area contributed by atoms with Gasteiger partial charge in [-0.25, -0.2) is 9.67 Å². The number of fused-ring (bicyclic) bond motifs is 1. The Morgan fingerprint density at radius 1 is 1.37 bits per heavy atom. The molecule has 0 bridgehead atoms. The fraction of sp³-hybridized carbons (Fsp3) is 0.571. The van der Waals surface area contributed by atoms with Gasteiger partial charge >= 0.3 is 0 Å². The normalized spacial score (nSPS) is 14.3. The SMILES string of the molecule is CC(C)n1ncnc1CNCc1cc2c(s1)CCC2. The van der Waals surface area contributed by atoms with Crippen LogP contribution >= 0.6 is 11.3 Å². The maximum atomic E-state index is 4.31. The highest BCUT2D eigenvalue weighted by Gasteiger charge is 2.14. The molecule has 3 rings (SSSR count). The summed E-state index contributed by atoms with van der Waals surface area (Å²) in [7, 11) is 0. The predicted octanol–water partition coefficient (Wildman–Crippen LogP) is 2.70. The Morgan fingerprint density at radius 2 is 2.26 bits per heavy atom. The first-order valence-electron chi connectivity index (χ1n) is 6.93. The maximum absolute atomic E-state index is 4.31. The summed E-state index contributed by atoms with van der Waals surface area (Å²) >= 11 is 1.96. The van der Waals surface area contributed by atoms with Crippen LogP contribution in [-0.4, -0.2) is 14.8 Å². The van der Waals surface area contributed by atoms with Crippen molar-refractivity contribution >= 4 is 11.3 Å². The Morgan fingerprint density at radius 3 is 3.05 bits per heavy atom. The molecule has 0 fully saturated rings. The summed E-state index contributed by atoms with van der Waals surface area (Å²) in [6.45, 7) is 5.97. The van der Waals surface area contributed by atoms with Crippen LogP contribution in [0.15, 0.2) is 12.4 Å². The van der Waals surface area contributed by atoms with Crippen molar-refractivity contribution in [3.8, 4) is 0 Å². The van der Waals surface area contributed by atoms with Crippen LogP contribution in [0, 0.1) is 0 Å². The fourth-order valence-electron chi connectivity index (χ4n) is 2.61. The molecule has 0 radical (unpaired) electrons. The van der Waals surface area contributed by atoms with E-state index in [1.807, 2.05) is 16.0 Å². The summed E-state index contributed by atoms with van der Waals surface area (Å²) in [4.78, 5) is 7.36. The smallest absolute Gasteiger partial charge is 0.141 e. The third-order valence-corrected chi connectivity index (χ3v) is 4.75. The van der Waals surface area contributed by atoms with Crippen LogP contribution in [0.5, 0.6) is 0 Å². The molecular weight excluding hydrogens is 256 g/mol. The average Bonchev–Trinajstić information content (AvgIpc) is 3.02. The first-order valence-corrected chi connectivity index (χ1v) is 7.75. The van der Waals surface area contributed by atoms with Gasteiger partial charge in [0.1, 0.15) is 12.2 Å². The molecule has 1 aliphatic rings. The molecule has 1 N–H and O–H groups in total. The van der Waals surface area contributed by atoms with E-state index in [1.165, 1.54) is 24.1 Å². The van der Waals surface area contributed by atoms with Crippen molar-refractivity contribution in [3.63, 3.8) is 0 Å². The van der Waals surface area contributed by atoms with Gasteiger partial charge in [-0.3, -0.25) is 0 Å². The summed E-state index contributed by atoms with van der Waals surface area (Å²) in [5.74, 6) is 1.01. The molecule has 0 amide bonds. The van der Waals surface area contributed by atoms with Crippen molar-refractivity contribution < 1.29 is 0 Å². The monoisotopic (exact) mass is 276 g/mol. The summed E-state index contributed by atoms with van der Waals surface area (Å²) in [5, 5.41) is 7.73. The number of aromatic nitrogens is 3. The van der Waals surface area contributed by atoms with Crippen molar-refractivity contribution in [2.24, 2.45) is 0 Å². The third kappa shape index (κ3) is 2.72. The zero-order valence-corrected chi connectivity index (χ0v) is 12.3. The summed E-state index contributed by atoms with van der Waals surface area (Å²) in [6, 6.07) is 2.73. The Hall–Kier alpha value is -1.20. The number of hydrogen-bond donors (Lipinski definition) is 1. The molecule has 19 heavy (non-hydrogen) atoms. The van der Waals surface area contributed by atoms with Gasteiger partial charge in [0.25, 0.3) is 0 Å². The highest BCUT2D eigenvalue weighted by Crippen LogP contribution is 2.30. The Kier molecular flexibility index (Phi) is 3.66. The van der Waals surface area contributed by atoms with Crippen LogP contribution in [0.1, 0.15) is 47.5 Å². The van der Waals surface area contributed by atoms with Gasteiger partial charge in [-0.2, -0.15) is 5.10 Å². The van der Waals surface area contributed by atoms with E-state index >= 15 is 0 Å². The van der Waals surface area contributed by atoms with Crippen molar-refractivity contribution in [2.75, 3.05) is 0 Å². The zero-order valence-electron chi connectivity index (χ0n) is 11.5. The molecule has 0 unspecified atom stereocenters. The summed E-state index contributed by atoms with van der Waals surface area (Å²) in [5.41, 5.74) is 1.58. The molecule has 2 heterocycles. The van der Waals surface area contributed by atoms with E-state index in [1.54, 1.807) is 16.8 Å². The molecule has 1 aliphatic carbocycles. The second kappa shape index (κ2) is 5.43. The van der Waals surface area contributed by atoms with Gasteiger partial charge in [0, 0.05) is 22.3 Å². The second-order valence-corrected chi connectivity index (χ2v) is 6.55. The maximum Gasteiger partial charge on any atom is 0.141 e. The van der Waals surface area contributed by atoms with Crippen LogP contribution < -0.4 is 5.32 Å². The number of nitrogens with zero attached hydrogens (tertiary/aromatic N) is 3. The number of aryl methyl sites for hydroxylation is 2. The topological polar surface area (TPSA) is 42.7 Å². The van der Waals surface area contributed by atoms with Crippen molar-refractivity contribution in [1.82, 2.24) is 20.1 Å². The van der Waals surface area contributed by atoms with Gasteiger partial charge in [0.05, 0.1) is 6.54 Å². The van der Waals surface area contributed by atoms with Crippen LogP contribution in [0.3, 0.4) is 0 Å². The Bertz CT molecular complexity index is 534. The first-order chi connectivity index (χ1) is 9.24. The highest BCUT2D eigenvalue weighted by atomic mass is 32.1. The largest absolute Gasteiger partial charge is 0.305 e. The van der Waals surface area contributed by atoms with Crippen LogP contribution in [0.2, 0.25) is 0 Å². The van der Waals surface area contributed by atoms with Crippen LogP contribution in [0.25, 0.3) is 0 Å². The molecule has 2 aromatic heterocycles. The first kappa shape index (κ1) is 12.8. The van der Waals surface area contributed by atoms with E-state index < -0.39 is 0 Å². The lowest BCUT2D eigenvalue weighted by atomic mass is 10.2. The van der Waals surface area contributed by atoms with E-state index in [-0.39, 0.29) is 0 Å². The van der Waals surface area contributed by atoms with Gasteiger partial charge < -0.3 is 5.32 Å². The zero-order chi connectivity index (χ0) is 13.2. The molecule has 2 aromatic rings. The lowest BCUT2D eigenvalue weighted by Gasteiger charge is -2.09. The third-order valence-electron chi connectivity index (χ3n) is 3.52. The number of thiophene rings is 1. The van der Waals surface area contributed by atoms with Crippen LogP contribution in [0.4, 0.5) is 0 Å². The molecule has 5 heteroatoms. The lowest BCUT2D eigenvalue weighted by Crippen LogP contribution is -2.17. The quantitative estimate of drug-likeness (QED) is 0.913. The minimum Gasteiger partial charge on any atom is -0.305 e. The van der Waals surface area contributed by atoms with Gasteiger partial charge in [-0.05, 0) is 44.7 Å². The van der Waals surface area contributed by atoms with E-state index in [9.17, 15) is 0 Å². The van der Waals surface area contributed by atoms with E-state index in [0.29, 0.717) is 6.04 Å². The lowest BCUT2D eigenvalue weighted by molar-refractivity contribution is 0.490. The highest BCUT2D eigenvalue weighted by molar-refractivity contribution is 7.12. The van der Waals surface area contributed by atoms with Gasteiger partial charge in [-0.15, -0.1) is 11.3 Å². The predicted molar refractivity (Wildman–Crippen MR) is 77.3 cm³/mol. The van der Waals surface area contributed by atoms with Gasteiger partial charge in [0.15, 0.2) is 0 Å². The van der Waals surface area contributed by atoms with E-state index in [0.717, 1.165) is 18.9 Å². The number of hydrogen-bond acceptors (Lipinski definition) is 4. The molecule has 4 nitrogen and oxygen atoms in total. The molecule has 0 spiro atoms. The molecule has 102 valence electrons. The second-order valence-electron chi connectivity index (χ2n) is 5.33. The number of rotatable bonds is 5. The summed E-state index contributed by atoms with van der Waals surface area (Å²) < 4.78 is 1.97. The minimum atomic E-state index is 0.366. The van der Waals surface area contributed by atoms with Gasteiger partial charge in [0.2, 0.25) is 0 Å².